The van der Waals surface area contributed by atoms with Crippen LogP contribution in [-0.4, -0.2) is 10.8 Å². The number of benzene rings is 6. The van der Waals surface area contributed by atoms with Crippen LogP contribution in [0.25, 0.3) is 55.9 Å². The lowest BCUT2D eigenvalue weighted by atomic mass is 9.68. The van der Waals surface area contributed by atoms with Gasteiger partial charge in [-0.15, -0.1) is 0 Å². The summed E-state index contributed by atoms with van der Waals surface area (Å²) in [5.41, 5.74) is 14.3. The van der Waals surface area contributed by atoms with Crippen LogP contribution in [0, 0.1) is 0 Å². The molecule has 2 nitrogen and oxygen atoms in total. The molecule has 8 rings (SSSR count). The van der Waals surface area contributed by atoms with Crippen molar-refractivity contribution in [1.29, 1.82) is 0 Å². The summed E-state index contributed by atoms with van der Waals surface area (Å²) in [6, 6.07) is 56.8. The molecular formula is C45H33NO. The fourth-order valence-corrected chi connectivity index (χ4v) is 6.92. The number of hydrogen-bond acceptors (Lipinski definition) is 2. The predicted molar refractivity (Wildman–Crippen MR) is 193 cm³/mol. The number of hydrogen-bond donors (Lipinski definition) is 0. The second-order valence-corrected chi connectivity index (χ2v) is 12.8. The van der Waals surface area contributed by atoms with Gasteiger partial charge < -0.3 is 0 Å². The van der Waals surface area contributed by atoms with Gasteiger partial charge in [-0.25, -0.2) is 4.98 Å². The molecule has 1 aliphatic carbocycles. The Hall–Kier alpha value is -5.86. The first kappa shape index (κ1) is 28.6. The molecule has 2 heteroatoms. The number of carbonyl (C=O) groups excluding carboxylic acids is 1. The van der Waals surface area contributed by atoms with Crippen molar-refractivity contribution < 1.29 is 4.79 Å². The van der Waals surface area contributed by atoms with Crippen LogP contribution in [0.4, 0.5) is 0 Å². The Kier molecular flexibility index (Phi) is 7.00. The molecule has 0 saturated heterocycles. The van der Waals surface area contributed by atoms with Crippen molar-refractivity contribution in [3.8, 4) is 55.9 Å². The fraction of sp³-hybridized carbons (Fsp3) is 0.0667. The molecule has 0 amide bonds. The molecule has 1 aliphatic rings. The summed E-state index contributed by atoms with van der Waals surface area (Å²) in [5.74, 6) is 0.101. The topological polar surface area (TPSA) is 30.0 Å². The van der Waals surface area contributed by atoms with Gasteiger partial charge in [0.05, 0.1) is 11.4 Å². The van der Waals surface area contributed by atoms with Crippen LogP contribution in [0.3, 0.4) is 0 Å². The SMILES string of the molecule is CC1(C)c2ccccc2C(=O)c2cc(-c3cccc(-c4ccc(-c5cc(-c6ccccc6)cc(-c6ccccc6)n5)cc4)c3)ccc21. The molecule has 47 heavy (non-hydrogen) atoms. The summed E-state index contributed by atoms with van der Waals surface area (Å²) in [5, 5.41) is 0. The molecular weight excluding hydrogens is 571 g/mol. The number of rotatable bonds is 5. The van der Waals surface area contributed by atoms with Crippen LogP contribution in [-0.2, 0) is 5.41 Å². The zero-order valence-corrected chi connectivity index (χ0v) is 26.4. The molecule has 0 radical (unpaired) electrons. The highest BCUT2D eigenvalue weighted by Gasteiger charge is 2.36. The molecule has 7 aromatic rings. The molecule has 0 spiro atoms. The minimum atomic E-state index is -0.237. The Balaban J connectivity index is 1.13. The second-order valence-electron chi connectivity index (χ2n) is 12.8. The quantitative estimate of drug-likeness (QED) is 0.196. The maximum absolute atomic E-state index is 13.6. The summed E-state index contributed by atoms with van der Waals surface area (Å²) in [4.78, 5) is 18.7. The first-order chi connectivity index (χ1) is 23.0. The van der Waals surface area contributed by atoms with Crippen LogP contribution in [0.2, 0.25) is 0 Å². The van der Waals surface area contributed by atoms with Gasteiger partial charge in [-0.05, 0) is 68.8 Å². The summed E-state index contributed by atoms with van der Waals surface area (Å²) < 4.78 is 0. The lowest BCUT2D eigenvalue weighted by Gasteiger charge is -2.34. The zero-order chi connectivity index (χ0) is 32.0. The molecule has 0 fully saturated rings. The molecule has 0 unspecified atom stereocenters. The third-order valence-corrected chi connectivity index (χ3v) is 9.49. The lowest BCUT2D eigenvalue weighted by molar-refractivity contribution is 0.103. The van der Waals surface area contributed by atoms with Crippen molar-refractivity contribution >= 4 is 5.78 Å². The number of aromatic nitrogens is 1. The van der Waals surface area contributed by atoms with Gasteiger partial charge in [0.2, 0.25) is 0 Å². The van der Waals surface area contributed by atoms with E-state index in [4.69, 9.17) is 4.98 Å². The largest absolute Gasteiger partial charge is 0.289 e. The number of pyridine rings is 1. The van der Waals surface area contributed by atoms with Crippen LogP contribution >= 0.6 is 0 Å². The highest BCUT2D eigenvalue weighted by atomic mass is 16.1. The molecule has 0 saturated carbocycles. The van der Waals surface area contributed by atoms with Crippen molar-refractivity contribution in [2.24, 2.45) is 0 Å². The van der Waals surface area contributed by atoms with E-state index in [-0.39, 0.29) is 11.2 Å². The second kappa shape index (κ2) is 11.5. The van der Waals surface area contributed by atoms with E-state index in [9.17, 15) is 4.79 Å². The Labute approximate surface area is 276 Å². The van der Waals surface area contributed by atoms with E-state index in [0.717, 1.165) is 72.6 Å². The first-order valence-electron chi connectivity index (χ1n) is 16.1. The monoisotopic (exact) mass is 603 g/mol. The normalized spacial score (nSPS) is 13.1. The van der Waals surface area contributed by atoms with E-state index in [0.29, 0.717) is 0 Å². The van der Waals surface area contributed by atoms with Crippen molar-refractivity contribution in [3.63, 3.8) is 0 Å². The summed E-state index contributed by atoms with van der Waals surface area (Å²) in [6.45, 7) is 4.41. The van der Waals surface area contributed by atoms with Gasteiger partial charge in [-0.1, -0.05) is 153 Å². The Bertz CT molecular complexity index is 2210. The standard InChI is InChI=1S/C45H33NO/c1-45(2)40-19-10-9-18-38(40)44(47)39-27-36(24-25-41(39)45)35-17-11-16-34(26-35)31-20-22-33(23-21-31)43-29-37(30-12-5-3-6-13-30)28-42(46-43)32-14-7-4-8-15-32/h3-29H,1-2H3. The molecule has 1 heterocycles. The van der Waals surface area contributed by atoms with E-state index in [1.807, 2.05) is 30.3 Å². The van der Waals surface area contributed by atoms with Crippen molar-refractivity contribution in [2.75, 3.05) is 0 Å². The van der Waals surface area contributed by atoms with Gasteiger partial charge in [-0.2, -0.15) is 0 Å². The summed E-state index contributed by atoms with van der Waals surface area (Å²) >= 11 is 0. The Morgan fingerprint density at radius 3 is 1.55 bits per heavy atom. The zero-order valence-electron chi connectivity index (χ0n) is 26.4. The third-order valence-electron chi connectivity index (χ3n) is 9.49. The lowest BCUT2D eigenvalue weighted by Crippen LogP contribution is -2.30. The third kappa shape index (κ3) is 5.18. The van der Waals surface area contributed by atoms with Gasteiger partial charge in [0.1, 0.15) is 0 Å². The van der Waals surface area contributed by atoms with Crippen LogP contribution in [0.15, 0.2) is 164 Å². The van der Waals surface area contributed by atoms with Crippen molar-refractivity contribution in [2.45, 2.75) is 19.3 Å². The van der Waals surface area contributed by atoms with E-state index in [1.54, 1.807) is 0 Å². The number of ketones is 1. The van der Waals surface area contributed by atoms with Gasteiger partial charge in [0, 0.05) is 27.7 Å². The van der Waals surface area contributed by atoms with Crippen LogP contribution in [0.1, 0.15) is 40.9 Å². The van der Waals surface area contributed by atoms with E-state index in [2.05, 4.69) is 147 Å². The summed E-state index contributed by atoms with van der Waals surface area (Å²) in [7, 11) is 0. The molecule has 1 aromatic heterocycles. The highest BCUT2D eigenvalue weighted by Crippen LogP contribution is 2.42. The van der Waals surface area contributed by atoms with Crippen LogP contribution in [0.5, 0.6) is 0 Å². The van der Waals surface area contributed by atoms with E-state index < -0.39 is 0 Å². The Morgan fingerprint density at radius 2 is 0.851 bits per heavy atom. The molecule has 0 atom stereocenters. The molecule has 0 aliphatic heterocycles. The van der Waals surface area contributed by atoms with Gasteiger partial charge in [0.15, 0.2) is 5.78 Å². The number of fused-ring (bicyclic) bond motifs is 2. The summed E-state index contributed by atoms with van der Waals surface area (Å²) in [6.07, 6.45) is 0. The fourth-order valence-electron chi connectivity index (χ4n) is 6.92. The molecule has 0 N–H and O–H groups in total. The molecule has 0 bridgehead atoms. The predicted octanol–water partition coefficient (Wildman–Crippen LogP) is 11.3. The maximum Gasteiger partial charge on any atom is 0.193 e. The maximum atomic E-state index is 13.6. The number of nitrogens with zero attached hydrogens (tertiary/aromatic N) is 1. The average Bonchev–Trinajstić information content (AvgIpc) is 3.14. The average molecular weight is 604 g/mol. The van der Waals surface area contributed by atoms with E-state index >= 15 is 0 Å². The molecule has 6 aromatic carbocycles. The van der Waals surface area contributed by atoms with E-state index in [1.165, 1.54) is 5.56 Å². The van der Waals surface area contributed by atoms with Crippen molar-refractivity contribution in [1.82, 2.24) is 4.98 Å². The smallest absolute Gasteiger partial charge is 0.193 e. The molecule has 224 valence electrons. The van der Waals surface area contributed by atoms with Gasteiger partial charge in [-0.3, -0.25) is 4.79 Å². The minimum Gasteiger partial charge on any atom is -0.289 e. The van der Waals surface area contributed by atoms with Gasteiger partial charge >= 0.3 is 0 Å². The highest BCUT2D eigenvalue weighted by molar-refractivity contribution is 6.13. The van der Waals surface area contributed by atoms with Gasteiger partial charge in [0.25, 0.3) is 0 Å². The first-order valence-corrected chi connectivity index (χ1v) is 16.1. The van der Waals surface area contributed by atoms with Crippen molar-refractivity contribution in [3.05, 3.63) is 186 Å². The van der Waals surface area contributed by atoms with Crippen LogP contribution < -0.4 is 0 Å². The number of carbonyl (C=O) groups is 1. The Morgan fingerprint density at radius 1 is 0.383 bits per heavy atom. The minimum absolute atomic E-state index is 0.101.